The molecule has 0 saturated heterocycles. The monoisotopic (exact) mass is 195 g/mol. The van der Waals surface area contributed by atoms with E-state index in [0.29, 0.717) is 5.92 Å². The van der Waals surface area contributed by atoms with Crippen LogP contribution < -0.4 is 11.2 Å². The number of allylic oxidation sites excluding steroid dienone is 2. The van der Waals surface area contributed by atoms with Crippen LogP contribution in [-0.2, 0) is 0 Å². The number of nitrogens with two attached hydrogens (primary N) is 1. The number of hydrogen-bond donors (Lipinski definition) is 2. The quantitative estimate of drug-likeness (QED) is 0.402. The van der Waals surface area contributed by atoms with Crippen LogP contribution in [0.25, 0.3) is 0 Å². The topological polar surface area (TPSA) is 67.5 Å². The molecule has 0 radical (unpaired) electrons. The SMILES string of the molecule is C/C(CC1C=CCCC1)=N/NC(N)=O. The van der Waals surface area contributed by atoms with Crippen molar-refractivity contribution in [3.63, 3.8) is 0 Å². The number of urea groups is 1. The van der Waals surface area contributed by atoms with Gasteiger partial charge in [0.1, 0.15) is 0 Å². The highest BCUT2D eigenvalue weighted by molar-refractivity contribution is 5.84. The molecule has 0 spiro atoms. The maximum absolute atomic E-state index is 10.4. The molecule has 78 valence electrons. The van der Waals surface area contributed by atoms with Crippen molar-refractivity contribution >= 4 is 11.7 Å². The van der Waals surface area contributed by atoms with Gasteiger partial charge >= 0.3 is 6.03 Å². The Balaban J connectivity index is 2.35. The minimum absolute atomic E-state index is 0.571. The zero-order valence-electron chi connectivity index (χ0n) is 8.49. The lowest BCUT2D eigenvalue weighted by atomic mass is 9.92. The standard InChI is InChI=1S/C10H17N3O/c1-8(12-13-10(11)14)7-9-5-3-2-4-6-9/h3,5,9H,2,4,6-7H2,1H3,(H3,11,13,14)/b12-8-. The van der Waals surface area contributed by atoms with Crippen molar-refractivity contribution in [2.75, 3.05) is 0 Å². The van der Waals surface area contributed by atoms with Crippen LogP contribution in [0, 0.1) is 5.92 Å². The largest absolute Gasteiger partial charge is 0.350 e. The van der Waals surface area contributed by atoms with Crippen LogP contribution in [0.1, 0.15) is 32.6 Å². The van der Waals surface area contributed by atoms with Crippen LogP contribution in [-0.4, -0.2) is 11.7 Å². The van der Waals surface area contributed by atoms with Gasteiger partial charge in [-0.25, -0.2) is 10.2 Å². The van der Waals surface area contributed by atoms with Crippen LogP contribution in [0.2, 0.25) is 0 Å². The smallest absolute Gasteiger partial charge is 0.332 e. The molecule has 14 heavy (non-hydrogen) atoms. The molecule has 1 rings (SSSR count). The summed E-state index contributed by atoms with van der Waals surface area (Å²) in [6.45, 7) is 1.90. The molecular formula is C10H17N3O. The molecule has 0 heterocycles. The van der Waals surface area contributed by atoms with E-state index in [-0.39, 0.29) is 0 Å². The van der Waals surface area contributed by atoms with Gasteiger partial charge in [-0.15, -0.1) is 0 Å². The number of hydrazone groups is 1. The first-order valence-electron chi connectivity index (χ1n) is 4.93. The molecule has 1 unspecified atom stereocenters. The van der Waals surface area contributed by atoms with E-state index >= 15 is 0 Å². The highest BCUT2D eigenvalue weighted by Crippen LogP contribution is 2.20. The summed E-state index contributed by atoms with van der Waals surface area (Å²) < 4.78 is 0. The highest BCUT2D eigenvalue weighted by Gasteiger charge is 2.09. The molecular weight excluding hydrogens is 178 g/mol. The summed E-state index contributed by atoms with van der Waals surface area (Å²) in [7, 11) is 0. The summed E-state index contributed by atoms with van der Waals surface area (Å²) in [5.74, 6) is 0.571. The van der Waals surface area contributed by atoms with Crippen molar-refractivity contribution in [1.29, 1.82) is 0 Å². The van der Waals surface area contributed by atoms with Crippen molar-refractivity contribution in [2.24, 2.45) is 16.8 Å². The predicted molar refractivity (Wildman–Crippen MR) is 56.9 cm³/mol. The average molecular weight is 195 g/mol. The minimum atomic E-state index is -0.608. The summed E-state index contributed by atoms with van der Waals surface area (Å²) in [6, 6.07) is -0.608. The molecule has 0 aromatic carbocycles. The van der Waals surface area contributed by atoms with Gasteiger partial charge in [0.15, 0.2) is 0 Å². The molecule has 1 aliphatic rings. The van der Waals surface area contributed by atoms with E-state index in [2.05, 4.69) is 22.7 Å². The third kappa shape index (κ3) is 4.07. The number of carbonyl (C=O) groups is 1. The van der Waals surface area contributed by atoms with E-state index in [1.807, 2.05) is 6.92 Å². The van der Waals surface area contributed by atoms with Gasteiger partial charge in [-0.05, 0) is 38.5 Å². The Bertz CT molecular complexity index is 258. The number of carbonyl (C=O) groups excluding carboxylic acids is 1. The lowest BCUT2D eigenvalue weighted by molar-refractivity contribution is 0.249. The van der Waals surface area contributed by atoms with Crippen LogP contribution in [0.15, 0.2) is 17.3 Å². The fourth-order valence-electron chi connectivity index (χ4n) is 1.63. The number of primary amides is 1. The number of amides is 2. The van der Waals surface area contributed by atoms with E-state index in [0.717, 1.165) is 12.1 Å². The summed E-state index contributed by atoms with van der Waals surface area (Å²) in [5.41, 5.74) is 8.06. The van der Waals surface area contributed by atoms with Crippen LogP contribution in [0.3, 0.4) is 0 Å². The maximum Gasteiger partial charge on any atom is 0.332 e. The first kappa shape index (κ1) is 10.8. The third-order valence-electron chi connectivity index (χ3n) is 2.27. The lowest BCUT2D eigenvalue weighted by Gasteiger charge is -2.15. The molecule has 2 amide bonds. The zero-order chi connectivity index (χ0) is 10.4. The molecule has 3 N–H and O–H groups in total. The van der Waals surface area contributed by atoms with Gasteiger partial charge in [0.2, 0.25) is 0 Å². The Morgan fingerprint density at radius 3 is 3.07 bits per heavy atom. The Hall–Kier alpha value is -1.32. The van der Waals surface area contributed by atoms with E-state index in [1.54, 1.807) is 0 Å². The molecule has 0 aliphatic heterocycles. The van der Waals surface area contributed by atoms with Crippen LogP contribution in [0.4, 0.5) is 4.79 Å². The van der Waals surface area contributed by atoms with E-state index in [4.69, 9.17) is 5.73 Å². The van der Waals surface area contributed by atoms with Gasteiger partial charge in [0, 0.05) is 5.71 Å². The number of rotatable bonds is 3. The Morgan fingerprint density at radius 2 is 2.50 bits per heavy atom. The molecule has 1 atom stereocenters. The fourth-order valence-corrected chi connectivity index (χ4v) is 1.63. The van der Waals surface area contributed by atoms with Gasteiger partial charge in [-0.3, -0.25) is 0 Å². The number of nitrogens with zero attached hydrogens (tertiary/aromatic N) is 1. The third-order valence-corrected chi connectivity index (χ3v) is 2.27. The van der Waals surface area contributed by atoms with E-state index in [9.17, 15) is 4.79 Å². The van der Waals surface area contributed by atoms with Gasteiger partial charge in [0.25, 0.3) is 0 Å². The van der Waals surface area contributed by atoms with Crippen LogP contribution in [0.5, 0.6) is 0 Å². The molecule has 0 saturated carbocycles. The van der Waals surface area contributed by atoms with Crippen molar-refractivity contribution in [1.82, 2.24) is 5.43 Å². The second-order valence-electron chi connectivity index (χ2n) is 3.65. The Morgan fingerprint density at radius 1 is 1.71 bits per heavy atom. The Labute approximate surface area is 84.2 Å². The van der Waals surface area contributed by atoms with Gasteiger partial charge in [-0.2, -0.15) is 5.10 Å². The molecule has 0 aromatic heterocycles. The molecule has 1 aliphatic carbocycles. The normalized spacial score (nSPS) is 22.1. The van der Waals surface area contributed by atoms with Gasteiger partial charge < -0.3 is 5.73 Å². The maximum atomic E-state index is 10.4. The van der Waals surface area contributed by atoms with Gasteiger partial charge in [0.05, 0.1) is 0 Å². The second kappa shape index (κ2) is 5.42. The summed E-state index contributed by atoms with van der Waals surface area (Å²) in [4.78, 5) is 10.4. The first-order chi connectivity index (χ1) is 6.68. The molecule has 4 nitrogen and oxygen atoms in total. The van der Waals surface area contributed by atoms with Gasteiger partial charge in [-0.1, -0.05) is 12.2 Å². The molecule has 0 bridgehead atoms. The summed E-state index contributed by atoms with van der Waals surface area (Å²) >= 11 is 0. The van der Waals surface area contributed by atoms with Crippen molar-refractivity contribution in [3.05, 3.63) is 12.2 Å². The second-order valence-corrected chi connectivity index (χ2v) is 3.65. The summed E-state index contributed by atoms with van der Waals surface area (Å²) in [6.07, 6.45) is 8.98. The molecule has 0 aromatic rings. The van der Waals surface area contributed by atoms with Crippen molar-refractivity contribution in [2.45, 2.75) is 32.6 Å². The average Bonchev–Trinajstić information content (AvgIpc) is 2.16. The molecule has 4 heteroatoms. The van der Waals surface area contributed by atoms with E-state index < -0.39 is 6.03 Å². The van der Waals surface area contributed by atoms with Crippen molar-refractivity contribution < 1.29 is 4.79 Å². The van der Waals surface area contributed by atoms with Crippen molar-refractivity contribution in [3.8, 4) is 0 Å². The first-order valence-corrected chi connectivity index (χ1v) is 4.93. The lowest BCUT2D eigenvalue weighted by Crippen LogP contribution is -2.25. The zero-order valence-corrected chi connectivity index (χ0v) is 8.49. The Kier molecular flexibility index (Phi) is 4.16. The molecule has 0 fully saturated rings. The number of nitrogens with one attached hydrogen (secondary N) is 1. The van der Waals surface area contributed by atoms with E-state index in [1.165, 1.54) is 19.3 Å². The predicted octanol–water partition coefficient (Wildman–Crippen LogP) is 1.78. The fraction of sp³-hybridized carbons (Fsp3) is 0.600. The minimum Gasteiger partial charge on any atom is -0.350 e. The van der Waals surface area contributed by atoms with Crippen LogP contribution >= 0.6 is 0 Å². The summed E-state index contributed by atoms with van der Waals surface area (Å²) in [5, 5.41) is 3.88. The number of hydrogen-bond acceptors (Lipinski definition) is 2. The highest BCUT2D eigenvalue weighted by atomic mass is 16.2.